The van der Waals surface area contributed by atoms with Crippen LogP contribution in [0.2, 0.25) is 0 Å². The third-order valence-corrected chi connectivity index (χ3v) is 5.15. The van der Waals surface area contributed by atoms with Gasteiger partial charge in [-0.25, -0.2) is 15.0 Å². The molecule has 0 unspecified atom stereocenters. The number of fused-ring (bicyclic) bond motifs is 4. The lowest BCUT2D eigenvalue weighted by atomic mass is 10.2. The van der Waals surface area contributed by atoms with Crippen LogP contribution in [0.4, 0.5) is 5.69 Å². The molecule has 0 aliphatic heterocycles. The van der Waals surface area contributed by atoms with Crippen LogP contribution >= 0.6 is 0 Å². The minimum absolute atomic E-state index is 0.0499. The first-order chi connectivity index (χ1) is 16.1. The second-order valence-electron chi connectivity index (χ2n) is 7.23. The van der Waals surface area contributed by atoms with E-state index in [0.717, 1.165) is 0 Å². The number of rotatable bonds is 6. The minimum Gasteiger partial charge on any atom is -0.383 e. The number of nitro benzene ring substituents is 1. The fraction of sp³-hybridized carbons (Fsp3) is 0.136. The van der Waals surface area contributed by atoms with Crippen LogP contribution in [0, 0.1) is 10.1 Å². The standard InChI is InChI=1S/C22H17N7O4/c1-33-10-9-27-13-23-20-18(22(27)30)19-21(26-17-8-3-2-7-16(17)25-19)28(20)24-12-14-5-4-6-15(11-14)29(31)32/h2-8,11-13H,9-10H2,1H3/b24-12-. The summed E-state index contributed by atoms with van der Waals surface area (Å²) < 4.78 is 7.98. The Balaban J connectivity index is 1.76. The number of hydrogen-bond donors (Lipinski definition) is 0. The Morgan fingerprint density at radius 2 is 1.91 bits per heavy atom. The number of nitrogens with zero attached hydrogens (tertiary/aromatic N) is 7. The van der Waals surface area contributed by atoms with Gasteiger partial charge in [0.2, 0.25) is 0 Å². The van der Waals surface area contributed by atoms with Crippen molar-refractivity contribution in [2.75, 3.05) is 13.7 Å². The average Bonchev–Trinajstić information content (AvgIpc) is 3.14. The van der Waals surface area contributed by atoms with Gasteiger partial charge < -0.3 is 4.74 Å². The summed E-state index contributed by atoms with van der Waals surface area (Å²) in [5.74, 6) is 0. The van der Waals surface area contributed by atoms with Crippen molar-refractivity contribution in [1.29, 1.82) is 0 Å². The highest BCUT2D eigenvalue weighted by atomic mass is 16.6. The molecule has 0 amide bonds. The van der Waals surface area contributed by atoms with Gasteiger partial charge in [-0.2, -0.15) is 9.78 Å². The van der Waals surface area contributed by atoms with Crippen LogP contribution in [0.1, 0.15) is 5.56 Å². The molecule has 5 aromatic rings. The minimum atomic E-state index is -0.473. The van der Waals surface area contributed by atoms with Crippen molar-refractivity contribution in [2.45, 2.75) is 6.54 Å². The van der Waals surface area contributed by atoms with Gasteiger partial charge in [0, 0.05) is 24.8 Å². The Kier molecular flexibility index (Phi) is 5.07. The molecule has 11 heteroatoms. The number of aromatic nitrogens is 5. The first-order valence-corrected chi connectivity index (χ1v) is 10.0. The summed E-state index contributed by atoms with van der Waals surface area (Å²) in [6.07, 6.45) is 2.89. The monoisotopic (exact) mass is 443 g/mol. The van der Waals surface area contributed by atoms with Gasteiger partial charge >= 0.3 is 0 Å². The van der Waals surface area contributed by atoms with Crippen LogP contribution in [0.5, 0.6) is 0 Å². The molecule has 0 spiro atoms. The molecule has 2 aromatic carbocycles. The van der Waals surface area contributed by atoms with Crippen molar-refractivity contribution in [3.05, 3.63) is 80.9 Å². The van der Waals surface area contributed by atoms with Gasteiger partial charge in [0.1, 0.15) is 17.2 Å². The number of non-ortho nitro benzene ring substituents is 1. The molecule has 3 aromatic heterocycles. The summed E-state index contributed by atoms with van der Waals surface area (Å²) in [5, 5.41) is 15.8. The number of hydrogen-bond acceptors (Lipinski definition) is 8. The maximum absolute atomic E-state index is 13.3. The van der Waals surface area contributed by atoms with E-state index >= 15 is 0 Å². The normalized spacial score (nSPS) is 11.8. The van der Waals surface area contributed by atoms with Crippen molar-refractivity contribution >= 4 is 45.1 Å². The molecule has 5 rings (SSSR count). The van der Waals surface area contributed by atoms with Crippen molar-refractivity contribution < 1.29 is 9.66 Å². The summed E-state index contributed by atoms with van der Waals surface area (Å²) >= 11 is 0. The molecule has 0 radical (unpaired) electrons. The summed E-state index contributed by atoms with van der Waals surface area (Å²) in [6, 6.07) is 13.4. The van der Waals surface area contributed by atoms with E-state index in [1.807, 2.05) is 24.3 Å². The molecular weight excluding hydrogens is 426 g/mol. The largest absolute Gasteiger partial charge is 0.383 e. The lowest BCUT2D eigenvalue weighted by Crippen LogP contribution is -2.22. The second-order valence-corrected chi connectivity index (χ2v) is 7.23. The maximum Gasteiger partial charge on any atom is 0.270 e. The molecule has 0 fully saturated rings. The van der Waals surface area contributed by atoms with Crippen molar-refractivity contribution in [2.24, 2.45) is 5.10 Å². The number of nitro groups is 1. The molecule has 3 heterocycles. The zero-order valence-electron chi connectivity index (χ0n) is 17.5. The Bertz CT molecular complexity index is 1620. The summed E-state index contributed by atoms with van der Waals surface area (Å²) in [4.78, 5) is 37.7. The topological polar surface area (TPSA) is 130 Å². The van der Waals surface area contributed by atoms with Gasteiger partial charge in [-0.15, -0.1) is 0 Å². The van der Waals surface area contributed by atoms with Gasteiger partial charge in [0.15, 0.2) is 11.3 Å². The lowest BCUT2D eigenvalue weighted by molar-refractivity contribution is -0.384. The number of ether oxygens (including phenoxy) is 1. The first-order valence-electron chi connectivity index (χ1n) is 10.0. The number of para-hydroxylation sites is 2. The van der Waals surface area contributed by atoms with Gasteiger partial charge in [-0.05, 0) is 12.1 Å². The molecule has 11 nitrogen and oxygen atoms in total. The molecule has 0 N–H and O–H groups in total. The van der Waals surface area contributed by atoms with Crippen LogP contribution < -0.4 is 5.56 Å². The van der Waals surface area contributed by atoms with Crippen LogP contribution in [0.3, 0.4) is 0 Å². The maximum atomic E-state index is 13.3. The highest BCUT2D eigenvalue weighted by Gasteiger charge is 2.19. The van der Waals surface area contributed by atoms with E-state index in [1.54, 1.807) is 19.2 Å². The molecule has 33 heavy (non-hydrogen) atoms. The van der Waals surface area contributed by atoms with Crippen molar-refractivity contribution in [3.63, 3.8) is 0 Å². The molecule has 0 saturated heterocycles. The molecule has 0 aliphatic rings. The summed E-state index contributed by atoms with van der Waals surface area (Å²) in [6.45, 7) is 0.689. The Labute approximate surface area is 185 Å². The smallest absolute Gasteiger partial charge is 0.270 e. The van der Waals surface area contributed by atoms with E-state index in [1.165, 1.54) is 33.9 Å². The van der Waals surface area contributed by atoms with Crippen LogP contribution in [0.25, 0.3) is 33.2 Å². The number of methoxy groups -OCH3 is 1. The highest BCUT2D eigenvalue weighted by Crippen LogP contribution is 2.25. The van der Waals surface area contributed by atoms with Crippen LogP contribution in [-0.2, 0) is 11.3 Å². The van der Waals surface area contributed by atoms with E-state index in [4.69, 9.17) is 4.74 Å². The van der Waals surface area contributed by atoms with Gasteiger partial charge in [-0.1, -0.05) is 24.3 Å². The molecule has 0 saturated carbocycles. The predicted octanol–water partition coefficient (Wildman–Crippen LogP) is 2.73. The first kappa shape index (κ1) is 20.4. The van der Waals surface area contributed by atoms with Crippen molar-refractivity contribution in [3.8, 4) is 0 Å². The Hall–Kier alpha value is -4.51. The predicted molar refractivity (Wildman–Crippen MR) is 123 cm³/mol. The Morgan fingerprint density at radius 3 is 2.67 bits per heavy atom. The van der Waals surface area contributed by atoms with Gasteiger partial charge in [-0.3, -0.25) is 19.5 Å². The third kappa shape index (κ3) is 3.59. The SMILES string of the molecule is COCCn1cnc2c(c1=O)c1nc3ccccc3nc1n2/N=C\c1cccc([N+](=O)[O-])c1. The van der Waals surface area contributed by atoms with E-state index in [0.29, 0.717) is 46.6 Å². The molecule has 164 valence electrons. The molecule has 0 bridgehead atoms. The van der Waals surface area contributed by atoms with Gasteiger partial charge in [0.05, 0.1) is 35.3 Å². The zero-order valence-corrected chi connectivity index (χ0v) is 17.5. The molecule has 0 atom stereocenters. The average molecular weight is 443 g/mol. The van der Waals surface area contributed by atoms with E-state index in [2.05, 4.69) is 20.1 Å². The molecule has 0 aliphatic carbocycles. The fourth-order valence-corrected chi connectivity index (χ4v) is 3.56. The highest BCUT2D eigenvalue weighted by molar-refractivity contribution is 6.04. The van der Waals surface area contributed by atoms with Gasteiger partial charge in [0.25, 0.3) is 11.2 Å². The molecular formula is C22H17N7O4. The summed E-state index contributed by atoms with van der Waals surface area (Å²) in [7, 11) is 1.56. The zero-order chi connectivity index (χ0) is 22.9. The lowest BCUT2D eigenvalue weighted by Gasteiger charge is -2.04. The summed E-state index contributed by atoms with van der Waals surface area (Å²) in [5.41, 5.74) is 2.49. The quantitative estimate of drug-likeness (QED) is 0.224. The second kappa shape index (κ2) is 8.20. The van der Waals surface area contributed by atoms with Crippen molar-refractivity contribution in [1.82, 2.24) is 24.2 Å². The van der Waals surface area contributed by atoms with E-state index in [-0.39, 0.29) is 16.6 Å². The van der Waals surface area contributed by atoms with Crippen LogP contribution in [0.15, 0.2) is 64.8 Å². The third-order valence-electron chi connectivity index (χ3n) is 5.15. The van der Waals surface area contributed by atoms with Crippen LogP contribution in [-0.4, -0.2) is 49.0 Å². The Morgan fingerprint density at radius 1 is 1.12 bits per heavy atom. The fourth-order valence-electron chi connectivity index (χ4n) is 3.56. The van der Waals surface area contributed by atoms with E-state index < -0.39 is 4.92 Å². The number of benzene rings is 2. The van der Waals surface area contributed by atoms with E-state index in [9.17, 15) is 14.9 Å².